The highest BCUT2D eigenvalue weighted by molar-refractivity contribution is 14.0. The number of ether oxygens (including phenoxy) is 2. The Hall–Kier alpha value is -1.80. The minimum absolute atomic E-state index is 0. The quantitative estimate of drug-likeness (QED) is 0.255. The zero-order chi connectivity index (χ0) is 17.7. The largest absolute Gasteiger partial charge is 0.497 e. The lowest BCUT2D eigenvalue weighted by Gasteiger charge is -2.11. The normalized spacial score (nSPS) is 10.8. The first-order valence-electron chi connectivity index (χ1n) is 8.58. The lowest BCUT2D eigenvalue weighted by atomic mass is 10.2. The SMILES string of the molecule is CCNC(=NCc1ccc(OC)cc1)NCCOCc1ccccc1.I. The molecule has 0 saturated heterocycles. The molecule has 0 atom stereocenters. The van der Waals surface area contributed by atoms with Crippen LogP contribution in [0, 0.1) is 0 Å². The van der Waals surface area contributed by atoms with Crippen LogP contribution < -0.4 is 15.4 Å². The van der Waals surface area contributed by atoms with Crippen molar-refractivity contribution in [2.45, 2.75) is 20.1 Å². The number of nitrogens with zero attached hydrogens (tertiary/aromatic N) is 1. The summed E-state index contributed by atoms with van der Waals surface area (Å²) < 4.78 is 10.8. The minimum atomic E-state index is 0. The van der Waals surface area contributed by atoms with Crippen LogP contribution in [0.15, 0.2) is 59.6 Å². The topological polar surface area (TPSA) is 54.9 Å². The van der Waals surface area contributed by atoms with Gasteiger partial charge in [-0.25, -0.2) is 4.99 Å². The number of halogens is 1. The molecule has 142 valence electrons. The van der Waals surface area contributed by atoms with Crippen LogP contribution in [0.3, 0.4) is 0 Å². The molecule has 0 amide bonds. The molecule has 0 aliphatic heterocycles. The Balaban J connectivity index is 0.00000338. The van der Waals surface area contributed by atoms with Gasteiger partial charge in [0.15, 0.2) is 5.96 Å². The van der Waals surface area contributed by atoms with E-state index >= 15 is 0 Å². The molecule has 26 heavy (non-hydrogen) atoms. The fourth-order valence-electron chi connectivity index (χ4n) is 2.25. The van der Waals surface area contributed by atoms with Crippen LogP contribution in [-0.2, 0) is 17.9 Å². The van der Waals surface area contributed by atoms with Crippen LogP contribution in [0.2, 0.25) is 0 Å². The first-order chi connectivity index (χ1) is 12.3. The average Bonchev–Trinajstić information content (AvgIpc) is 2.67. The maximum Gasteiger partial charge on any atom is 0.191 e. The molecular formula is C20H28IN3O2. The van der Waals surface area contributed by atoms with E-state index in [4.69, 9.17) is 9.47 Å². The van der Waals surface area contributed by atoms with E-state index in [-0.39, 0.29) is 24.0 Å². The lowest BCUT2D eigenvalue weighted by molar-refractivity contribution is 0.125. The maximum atomic E-state index is 5.68. The third kappa shape index (κ3) is 8.53. The van der Waals surface area contributed by atoms with Crippen LogP contribution in [0.5, 0.6) is 5.75 Å². The van der Waals surface area contributed by atoms with Crippen LogP contribution >= 0.6 is 24.0 Å². The number of aliphatic imine (C=N–C) groups is 1. The van der Waals surface area contributed by atoms with E-state index in [1.54, 1.807) is 7.11 Å². The number of nitrogens with one attached hydrogen (secondary N) is 2. The smallest absolute Gasteiger partial charge is 0.191 e. The molecule has 5 nitrogen and oxygen atoms in total. The number of hydrogen-bond acceptors (Lipinski definition) is 3. The predicted molar refractivity (Wildman–Crippen MR) is 117 cm³/mol. The average molecular weight is 469 g/mol. The molecule has 0 unspecified atom stereocenters. The van der Waals surface area contributed by atoms with Gasteiger partial charge < -0.3 is 20.1 Å². The Labute approximate surface area is 173 Å². The van der Waals surface area contributed by atoms with Crippen molar-refractivity contribution in [1.29, 1.82) is 0 Å². The lowest BCUT2D eigenvalue weighted by Crippen LogP contribution is -2.38. The van der Waals surface area contributed by atoms with Crippen LogP contribution in [-0.4, -0.2) is 32.8 Å². The van der Waals surface area contributed by atoms with Gasteiger partial charge in [-0.15, -0.1) is 24.0 Å². The van der Waals surface area contributed by atoms with Crippen molar-refractivity contribution in [2.75, 3.05) is 26.8 Å². The molecule has 2 rings (SSSR count). The summed E-state index contributed by atoms with van der Waals surface area (Å²) in [6.07, 6.45) is 0. The Bertz CT molecular complexity index is 633. The first-order valence-corrected chi connectivity index (χ1v) is 8.58. The van der Waals surface area contributed by atoms with Crippen LogP contribution in [0.1, 0.15) is 18.1 Å². The molecule has 0 fully saturated rings. The van der Waals surface area contributed by atoms with Crippen molar-refractivity contribution >= 4 is 29.9 Å². The molecular weight excluding hydrogens is 441 g/mol. The van der Waals surface area contributed by atoms with E-state index < -0.39 is 0 Å². The van der Waals surface area contributed by atoms with Gasteiger partial charge in [0.1, 0.15) is 5.75 Å². The van der Waals surface area contributed by atoms with Gasteiger partial charge in [-0.3, -0.25) is 0 Å². The van der Waals surface area contributed by atoms with Crippen molar-refractivity contribution in [2.24, 2.45) is 4.99 Å². The number of benzene rings is 2. The molecule has 0 aromatic heterocycles. The molecule has 6 heteroatoms. The summed E-state index contributed by atoms with van der Waals surface area (Å²) >= 11 is 0. The second-order valence-electron chi connectivity index (χ2n) is 5.51. The van der Waals surface area contributed by atoms with Crippen molar-refractivity contribution in [3.8, 4) is 5.75 Å². The maximum absolute atomic E-state index is 5.68. The number of methoxy groups -OCH3 is 1. The van der Waals surface area contributed by atoms with E-state index in [0.717, 1.165) is 23.8 Å². The fraction of sp³-hybridized carbons (Fsp3) is 0.350. The highest BCUT2D eigenvalue weighted by Gasteiger charge is 1.99. The Kier molecular flexibility index (Phi) is 11.5. The van der Waals surface area contributed by atoms with Gasteiger partial charge in [0, 0.05) is 13.1 Å². The van der Waals surface area contributed by atoms with Gasteiger partial charge >= 0.3 is 0 Å². The molecule has 2 aromatic carbocycles. The second kappa shape index (κ2) is 13.4. The molecule has 0 bridgehead atoms. The molecule has 2 aromatic rings. The van der Waals surface area contributed by atoms with Crippen LogP contribution in [0.4, 0.5) is 0 Å². The summed E-state index contributed by atoms with van der Waals surface area (Å²) in [5.74, 6) is 1.65. The molecule has 0 spiro atoms. The fourth-order valence-corrected chi connectivity index (χ4v) is 2.25. The molecule has 0 aliphatic rings. The molecule has 2 N–H and O–H groups in total. The highest BCUT2D eigenvalue weighted by atomic mass is 127. The van der Waals surface area contributed by atoms with Crippen LogP contribution in [0.25, 0.3) is 0 Å². The van der Waals surface area contributed by atoms with Gasteiger partial charge in [-0.05, 0) is 30.2 Å². The summed E-state index contributed by atoms with van der Waals surface area (Å²) in [6, 6.07) is 18.1. The summed E-state index contributed by atoms with van der Waals surface area (Å²) in [5.41, 5.74) is 2.32. The third-order valence-electron chi connectivity index (χ3n) is 3.57. The number of rotatable bonds is 9. The van der Waals surface area contributed by atoms with E-state index in [9.17, 15) is 0 Å². The summed E-state index contributed by atoms with van der Waals surface area (Å²) in [4.78, 5) is 4.59. The summed E-state index contributed by atoms with van der Waals surface area (Å²) in [6.45, 7) is 5.45. The van der Waals surface area contributed by atoms with Gasteiger partial charge in [0.05, 0.1) is 26.9 Å². The van der Waals surface area contributed by atoms with Gasteiger partial charge in [0.25, 0.3) is 0 Å². The van der Waals surface area contributed by atoms with Crippen molar-refractivity contribution in [3.63, 3.8) is 0 Å². The predicted octanol–water partition coefficient (Wildman–Crippen LogP) is 3.59. The van der Waals surface area contributed by atoms with Gasteiger partial charge in [-0.2, -0.15) is 0 Å². The Morgan fingerprint density at radius 3 is 2.35 bits per heavy atom. The van der Waals surface area contributed by atoms with E-state index in [0.29, 0.717) is 26.3 Å². The van der Waals surface area contributed by atoms with E-state index in [1.807, 2.05) is 42.5 Å². The monoisotopic (exact) mass is 469 g/mol. The van der Waals surface area contributed by atoms with Gasteiger partial charge in [-0.1, -0.05) is 42.5 Å². The third-order valence-corrected chi connectivity index (χ3v) is 3.57. The minimum Gasteiger partial charge on any atom is -0.497 e. The molecule has 0 saturated carbocycles. The molecule has 0 heterocycles. The Morgan fingerprint density at radius 2 is 1.69 bits per heavy atom. The molecule has 0 radical (unpaired) electrons. The zero-order valence-corrected chi connectivity index (χ0v) is 17.7. The summed E-state index contributed by atoms with van der Waals surface area (Å²) in [7, 11) is 1.67. The van der Waals surface area contributed by atoms with E-state index in [2.05, 4.69) is 34.7 Å². The summed E-state index contributed by atoms with van der Waals surface area (Å²) in [5, 5.41) is 6.53. The number of hydrogen-bond donors (Lipinski definition) is 2. The number of guanidine groups is 1. The highest BCUT2D eigenvalue weighted by Crippen LogP contribution is 2.11. The van der Waals surface area contributed by atoms with Crippen molar-refractivity contribution in [1.82, 2.24) is 10.6 Å². The Morgan fingerprint density at radius 1 is 0.962 bits per heavy atom. The zero-order valence-electron chi connectivity index (χ0n) is 15.4. The van der Waals surface area contributed by atoms with Crippen molar-refractivity contribution in [3.05, 3.63) is 65.7 Å². The molecule has 0 aliphatic carbocycles. The second-order valence-corrected chi connectivity index (χ2v) is 5.51. The van der Waals surface area contributed by atoms with Gasteiger partial charge in [0.2, 0.25) is 0 Å². The first kappa shape index (κ1) is 22.2. The standard InChI is InChI=1S/C20H27N3O2.HI/c1-3-21-20(23-15-17-9-11-19(24-2)12-10-17)22-13-14-25-16-18-7-5-4-6-8-18;/h4-12H,3,13-16H2,1-2H3,(H2,21,22,23);1H. The van der Waals surface area contributed by atoms with Crippen molar-refractivity contribution < 1.29 is 9.47 Å². The van der Waals surface area contributed by atoms with E-state index in [1.165, 1.54) is 5.56 Å².